The molecule has 1 fully saturated rings. The van der Waals surface area contributed by atoms with Gasteiger partial charge in [-0.25, -0.2) is 9.78 Å². The summed E-state index contributed by atoms with van der Waals surface area (Å²) in [5.41, 5.74) is 0.856. The van der Waals surface area contributed by atoms with Crippen LogP contribution in [0.2, 0.25) is 0 Å². The zero-order chi connectivity index (χ0) is 20.8. The molecular weight excluding hydrogens is 370 g/mol. The van der Waals surface area contributed by atoms with E-state index in [9.17, 15) is 14.4 Å². The maximum atomic E-state index is 13.1. The van der Waals surface area contributed by atoms with E-state index in [1.165, 1.54) is 12.3 Å². The van der Waals surface area contributed by atoms with Gasteiger partial charge in [-0.1, -0.05) is 25.1 Å². The Bertz CT molecular complexity index is 877. The number of carbonyl (C=O) groups excluding carboxylic acids is 2. The van der Waals surface area contributed by atoms with Gasteiger partial charge in [-0.3, -0.25) is 9.59 Å². The standard InChI is InChI=1S/C22H25N3O4/c1-2-12-25(21(27)17-8-11-23-19(15-17)22(28)29)18-9-13-24(14-10-18)20(26)16-6-4-3-5-7-16/h3-8,11,15,18H,2,9-10,12-14H2,1H3,(H,28,29). The number of aromatic nitrogens is 1. The van der Waals surface area contributed by atoms with Gasteiger partial charge < -0.3 is 14.9 Å². The number of benzene rings is 1. The number of rotatable bonds is 6. The summed E-state index contributed by atoms with van der Waals surface area (Å²) in [5, 5.41) is 9.13. The molecule has 7 heteroatoms. The van der Waals surface area contributed by atoms with E-state index in [4.69, 9.17) is 5.11 Å². The monoisotopic (exact) mass is 395 g/mol. The van der Waals surface area contributed by atoms with Crippen molar-refractivity contribution in [1.82, 2.24) is 14.8 Å². The van der Waals surface area contributed by atoms with Gasteiger partial charge in [-0.05, 0) is 43.5 Å². The van der Waals surface area contributed by atoms with Crippen LogP contribution in [0.25, 0.3) is 0 Å². The van der Waals surface area contributed by atoms with Crippen LogP contribution < -0.4 is 0 Å². The third kappa shape index (κ3) is 4.80. The Labute approximate surface area is 170 Å². The van der Waals surface area contributed by atoms with Crippen molar-refractivity contribution in [2.75, 3.05) is 19.6 Å². The molecule has 0 aliphatic carbocycles. The lowest BCUT2D eigenvalue weighted by Gasteiger charge is -2.38. The van der Waals surface area contributed by atoms with Crippen LogP contribution in [0.4, 0.5) is 0 Å². The molecule has 7 nitrogen and oxygen atoms in total. The second kappa shape index (κ2) is 9.32. The number of amides is 2. The topological polar surface area (TPSA) is 90.8 Å². The number of likely N-dealkylation sites (tertiary alicyclic amines) is 1. The van der Waals surface area contributed by atoms with Crippen molar-refractivity contribution < 1.29 is 19.5 Å². The maximum absolute atomic E-state index is 13.1. The van der Waals surface area contributed by atoms with Crippen molar-refractivity contribution in [1.29, 1.82) is 0 Å². The summed E-state index contributed by atoms with van der Waals surface area (Å²) in [7, 11) is 0. The molecule has 152 valence electrons. The SMILES string of the molecule is CCCN(C(=O)c1ccnc(C(=O)O)c1)C1CCN(C(=O)c2ccccc2)CC1. The molecule has 0 saturated carbocycles. The van der Waals surface area contributed by atoms with Gasteiger partial charge in [-0.15, -0.1) is 0 Å². The summed E-state index contributed by atoms with van der Waals surface area (Å²) < 4.78 is 0. The number of hydrogen-bond donors (Lipinski definition) is 1. The quantitative estimate of drug-likeness (QED) is 0.812. The average molecular weight is 395 g/mol. The number of carboxylic acids is 1. The fourth-order valence-corrected chi connectivity index (χ4v) is 3.68. The van der Waals surface area contributed by atoms with E-state index in [0.29, 0.717) is 43.6 Å². The molecule has 0 atom stereocenters. The second-order valence-electron chi connectivity index (χ2n) is 7.12. The summed E-state index contributed by atoms with van der Waals surface area (Å²) in [6.07, 6.45) is 3.54. The highest BCUT2D eigenvalue weighted by Gasteiger charge is 2.30. The van der Waals surface area contributed by atoms with E-state index < -0.39 is 5.97 Å². The van der Waals surface area contributed by atoms with Crippen molar-refractivity contribution in [3.63, 3.8) is 0 Å². The van der Waals surface area contributed by atoms with Crippen molar-refractivity contribution in [3.8, 4) is 0 Å². The minimum atomic E-state index is -1.16. The van der Waals surface area contributed by atoms with Crippen molar-refractivity contribution in [2.45, 2.75) is 32.2 Å². The van der Waals surface area contributed by atoms with Gasteiger partial charge in [0, 0.05) is 43.0 Å². The molecule has 1 N–H and O–H groups in total. The number of carbonyl (C=O) groups is 3. The average Bonchev–Trinajstić information content (AvgIpc) is 2.77. The molecule has 1 aliphatic heterocycles. The van der Waals surface area contributed by atoms with Crippen LogP contribution in [0.3, 0.4) is 0 Å². The summed E-state index contributed by atoms with van der Waals surface area (Å²) in [4.78, 5) is 44.3. The Balaban J connectivity index is 1.69. The molecule has 2 heterocycles. The van der Waals surface area contributed by atoms with Crippen molar-refractivity contribution in [3.05, 3.63) is 65.5 Å². The summed E-state index contributed by atoms with van der Waals surface area (Å²) in [6, 6.07) is 12.1. The molecule has 0 unspecified atom stereocenters. The van der Waals surface area contributed by atoms with Crippen molar-refractivity contribution >= 4 is 17.8 Å². The number of aromatic carboxylic acids is 1. The predicted molar refractivity (Wildman–Crippen MR) is 108 cm³/mol. The van der Waals surface area contributed by atoms with Gasteiger partial charge in [0.15, 0.2) is 0 Å². The normalized spacial score (nSPS) is 14.4. The Kier molecular flexibility index (Phi) is 6.59. The van der Waals surface area contributed by atoms with Crippen molar-refractivity contribution in [2.24, 2.45) is 0 Å². The number of hydrogen-bond acceptors (Lipinski definition) is 4. The molecular formula is C22H25N3O4. The van der Waals surface area contributed by atoms with Crippen LogP contribution in [-0.4, -0.2) is 63.4 Å². The molecule has 0 radical (unpaired) electrons. The van der Waals surface area contributed by atoms with Gasteiger partial charge in [0.05, 0.1) is 0 Å². The highest BCUT2D eigenvalue weighted by atomic mass is 16.4. The second-order valence-corrected chi connectivity index (χ2v) is 7.12. The van der Waals surface area contributed by atoms with Gasteiger partial charge in [-0.2, -0.15) is 0 Å². The first kappa shape index (κ1) is 20.5. The first-order chi connectivity index (χ1) is 14.0. The fraction of sp³-hybridized carbons (Fsp3) is 0.364. The van der Waals surface area contributed by atoms with E-state index >= 15 is 0 Å². The lowest BCUT2D eigenvalue weighted by Crippen LogP contribution is -2.49. The summed E-state index contributed by atoms with van der Waals surface area (Å²) in [5.74, 6) is -1.34. The third-order valence-electron chi connectivity index (χ3n) is 5.16. The van der Waals surface area contributed by atoms with Crippen LogP contribution in [0, 0.1) is 0 Å². The molecule has 1 aliphatic rings. The van der Waals surface area contributed by atoms with E-state index in [-0.39, 0.29) is 23.6 Å². The lowest BCUT2D eigenvalue weighted by molar-refractivity contribution is 0.0519. The number of piperidine rings is 1. The van der Waals surface area contributed by atoms with Crippen LogP contribution in [0.5, 0.6) is 0 Å². The molecule has 2 amide bonds. The highest BCUT2D eigenvalue weighted by molar-refractivity contribution is 5.97. The zero-order valence-electron chi connectivity index (χ0n) is 16.5. The molecule has 1 aromatic heterocycles. The van der Waals surface area contributed by atoms with Gasteiger partial charge in [0.1, 0.15) is 5.69 Å². The molecule has 3 rings (SSSR count). The lowest BCUT2D eigenvalue weighted by atomic mass is 10.0. The molecule has 1 aromatic carbocycles. The minimum Gasteiger partial charge on any atom is -0.477 e. The first-order valence-corrected chi connectivity index (χ1v) is 9.86. The molecule has 1 saturated heterocycles. The van der Waals surface area contributed by atoms with Crippen LogP contribution in [0.15, 0.2) is 48.7 Å². The zero-order valence-corrected chi connectivity index (χ0v) is 16.5. The predicted octanol–water partition coefficient (Wildman–Crippen LogP) is 2.94. The number of pyridine rings is 1. The molecule has 0 spiro atoms. The minimum absolute atomic E-state index is 0.0117. The number of nitrogens with zero attached hydrogens (tertiary/aromatic N) is 3. The Hall–Kier alpha value is -3.22. The Morgan fingerprint density at radius 1 is 1.10 bits per heavy atom. The summed E-state index contributed by atoms with van der Waals surface area (Å²) >= 11 is 0. The molecule has 2 aromatic rings. The van der Waals surface area contributed by atoms with E-state index in [0.717, 1.165) is 6.42 Å². The molecule has 0 bridgehead atoms. The highest BCUT2D eigenvalue weighted by Crippen LogP contribution is 2.21. The van der Waals surface area contributed by atoms with Crippen LogP contribution in [-0.2, 0) is 0 Å². The van der Waals surface area contributed by atoms with Gasteiger partial charge >= 0.3 is 5.97 Å². The first-order valence-electron chi connectivity index (χ1n) is 9.86. The van der Waals surface area contributed by atoms with Gasteiger partial charge in [0.25, 0.3) is 11.8 Å². The summed E-state index contributed by atoms with van der Waals surface area (Å²) in [6.45, 7) is 3.76. The molecule has 29 heavy (non-hydrogen) atoms. The van der Waals surface area contributed by atoms with E-state index in [1.54, 1.807) is 6.07 Å². The largest absolute Gasteiger partial charge is 0.477 e. The third-order valence-corrected chi connectivity index (χ3v) is 5.16. The van der Waals surface area contributed by atoms with Crippen LogP contribution in [0.1, 0.15) is 57.4 Å². The fourth-order valence-electron chi connectivity index (χ4n) is 3.68. The van der Waals surface area contributed by atoms with E-state index in [1.807, 2.05) is 47.1 Å². The van der Waals surface area contributed by atoms with Gasteiger partial charge in [0.2, 0.25) is 0 Å². The Morgan fingerprint density at radius 2 is 1.79 bits per heavy atom. The smallest absolute Gasteiger partial charge is 0.354 e. The maximum Gasteiger partial charge on any atom is 0.354 e. The van der Waals surface area contributed by atoms with Crippen LogP contribution >= 0.6 is 0 Å². The Morgan fingerprint density at radius 3 is 2.41 bits per heavy atom. The number of carboxylic acid groups (broad SMARTS) is 1. The van der Waals surface area contributed by atoms with E-state index in [2.05, 4.69) is 4.98 Å².